The average Bonchev–Trinajstić information content (AvgIpc) is 2.52. The van der Waals surface area contributed by atoms with Crippen molar-refractivity contribution in [1.29, 1.82) is 0 Å². The Kier molecular flexibility index (Phi) is 7.76. The highest BCUT2D eigenvalue weighted by Gasteiger charge is 2.08. The molecule has 0 aliphatic carbocycles. The third-order valence-electron chi connectivity index (χ3n) is 2.95. The number of hydrogen-bond acceptors (Lipinski definition) is 4. The van der Waals surface area contributed by atoms with E-state index in [9.17, 15) is 14.4 Å². The number of methoxy groups -OCH3 is 1. The molecule has 0 heterocycles. The molecule has 0 unspecified atom stereocenters. The Bertz CT molecular complexity index is 541. The van der Waals surface area contributed by atoms with Crippen LogP contribution in [0.4, 0.5) is 5.69 Å². The maximum atomic E-state index is 11.9. The summed E-state index contributed by atoms with van der Waals surface area (Å²) >= 11 is 0. The lowest BCUT2D eigenvalue weighted by atomic mass is 10.1. The fourth-order valence-corrected chi connectivity index (χ4v) is 1.65. The van der Waals surface area contributed by atoms with Gasteiger partial charge in [-0.15, -0.1) is 0 Å². The topological polar surface area (TPSA) is 96.5 Å². The lowest BCUT2D eigenvalue weighted by Crippen LogP contribution is -2.36. The minimum absolute atomic E-state index is 0.00247. The molecule has 7 nitrogen and oxygen atoms in total. The van der Waals surface area contributed by atoms with Crippen molar-refractivity contribution in [3.63, 3.8) is 0 Å². The highest BCUT2D eigenvalue weighted by Crippen LogP contribution is 2.10. The average molecular weight is 321 g/mol. The summed E-state index contributed by atoms with van der Waals surface area (Å²) in [5.41, 5.74) is 1.13. The first-order valence-electron chi connectivity index (χ1n) is 7.38. The zero-order valence-corrected chi connectivity index (χ0v) is 13.6. The van der Waals surface area contributed by atoms with Gasteiger partial charge < -0.3 is 20.7 Å². The second-order valence-electron chi connectivity index (χ2n) is 5.26. The van der Waals surface area contributed by atoms with Crippen LogP contribution in [0.5, 0.6) is 0 Å². The largest absolute Gasteiger partial charge is 0.375 e. The Morgan fingerprint density at radius 2 is 1.65 bits per heavy atom. The number of benzene rings is 1. The minimum atomic E-state index is -0.243. The van der Waals surface area contributed by atoms with Crippen molar-refractivity contribution in [2.75, 3.05) is 32.1 Å². The first-order valence-corrected chi connectivity index (χ1v) is 7.38. The number of nitrogens with one attached hydrogen (secondary N) is 3. The Balaban J connectivity index is 2.39. The number of carbonyl (C=O) groups excluding carboxylic acids is 3. The first kappa shape index (κ1) is 18.6. The molecule has 0 bridgehead atoms. The fraction of sp³-hybridized carbons (Fsp3) is 0.438. The van der Waals surface area contributed by atoms with Gasteiger partial charge in [-0.05, 0) is 24.3 Å². The van der Waals surface area contributed by atoms with Gasteiger partial charge in [-0.1, -0.05) is 13.8 Å². The molecule has 0 saturated heterocycles. The van der Waals surface area contributed by atoms with E-state index in [4.69, 9.17) is 0 Å². The zero-order valence-electron chi connectivity index (χ0n) is 13.6. The number of rotatable bonds is 8. The van der Waals surface area contributed by atoms with E-state index >= 15 is 0 Å². The van der Waals surface area contributed by atoms with Crippen molar-refractivity contribution in [2.24, 2.45) is 5.92 Å². The summed E-state index contributed by atoms with van der Waals surface area (Å²) in [6, 6.07) is 6.62. The molecule has 1 rings (SSSR count). The Morgan fingerprint density at radius 1 is 1.04 bits per heavy atom. The molecule has 7 heteroatoms. The van der Waals surface area contributed by atoms with Crippen LogP contribution in [-0.2, 0) is 14.3 Å². The molecule has 3 amide bonds. The van der Waals surface area contributed by atoms with Crippen LogP contribution in [-0.4, -0.2) is 44.5 Å². The molecule has 3 N–H and O–H groups in total. The minimum Gasteiger partial charge on any atom is -0.375 e. The molecule has 0 aliphatic rings. The summed E-state index contributed by atoms with van der Waals surface area (Å²) in [5.74, 6) is -0.653. The molecule has 0 spiro atoms. The molecule has 0 aromatic heterocycles. The molecular weight excluding hydrogens is 298 g/mol. The van der Waals surface area contributed by atoms with Gasteiger partial charge in [0.1, 0.15) is 6.61 Å². The first-order chi connectivity index (χ1) is 10.9. The molecule has 0 fully saturated rings. The highest BCUT2D eigenvalue weighted by molar-refractivity contribution is 5.96. The quantitative estimate of drug-likeness (QED) is 0.616. The maximum Gasteiger partial charge on any atom is 0.251 e. The van der Waals surface area contributed by atoms with Crippen LogP contribution >= 0.6 is 0 Å². The smallest absolute Gasteiger partial charge is 0.251 e. The fourth-order valence-electron chi connectivity index (χ4n) is 1.65. The number of amides is 3. The second-order valence-corrected chi connectivity index (χ2v) is 5.26. The summed E-state index contributed by atoms with van der Waals surface area (Å²) < 4.78 is 4.68. The molecular formula is C16H23N3O4. The number of carbonyl (C=O) groups is 3. The molecule has 0 aliphatic heterocycles. The summed E-state index contributed by atoms with van der Waals surface area (Å²) in [6.45, 7) is 4.26. The molecule has 1 aromatic carbocycles. The van der Waals surface area contributed by atoms with E-state index in [1.165, 1.54) is 7.11 Å². The van der Waals surface area contributed by atoms with E-state index in [0.29, 0.717) is 24.3 Å². The molecule has 0 saturated carbocycles. The van der Waals surface area contributed by atoms with Gasteiger partial charge >= 0.3 is 0 Å². The summed E-state index contributed by atoms with van der Waals surface area (Å²) in [7, 11) is 1.44. The monoisotopic (exact) mass is 321 g/mol. The van der Waals surface area contributed by atoms with E-state index in [1.54, 1.807) is 24.3 Å². The molecule has 1 aromatic rings. The number of hydrogen-bond donors (Lipinski definition) is 3. The van der Waals surface area contributed by atoms with Crippen LogP contribution in [0.25, 0.3) is 0 Å². The second kappa shape index (κ2) is 9.58. The van der Waals surface area contributed by atoms with E-state index in [-0.39, 0.29) is 30.2 Å². The van der Waals surface area contributed by atoms with Gasteiger partial charge in [0.25, 0.3) is 5.91 Å². The lowest BCUT2D eigenvalue weighted by molar-refractivity contribution is -0.124. The zero-order chi connectivity index (χ0) is 17.2. The van der Waals surface area contributed by atoms with Crippen LogP contribution < -0.4 is 16.0 Å². The van der Waals surface area contributed by atoms with Crippen molar-refractivity contribution >= 4 is 23.4 Å². The van der Waals surface area contributed by atoms with Gasteiger partial charge in [0.15, 0.2) is 0 Å². The van der Waals surface area contributed by atoms with Gasteiger partial charge in [-0.3, -0.25) is 14.4 Å². The van der Waals surface area contributed by atoms with Crippen LogP contribution in [0.2, 0.25) is 0 Å². The SMILES string of the molecule is COCC(=O)NCCNC(=O)c1ccc(NC(=O)C(C)C)cc1. The van der Waals surface area contributed by atoms with Crippen LogP contribution in [0.3, 0.4) is 0 Å². The molecule has 0 radical (unpaired) electrons. The molecule has 0 atom stereocenters. The lowest BCUT2D eigenvalue weighted by Gasteiger charge is -2.09. The van der Waals surface area contributed by atoms with Crippen LogP contribution in [0.1, 0.15) is 24.2 Å². The van der Waals surface area contributed by atoms with Gasteiger partial charge in [0, 0.05) is 37.4 Å². The van der Waals surface area contributed by atoms with Gasteiger partial charge in [-0.2, -0.15) is 0 Å². The van der Waals surface area contributed by atoms with Crippen molar-refractivity contribution in [3.8, 4) is 0 Å². The Hall–Kier alpha value is -2.41. The van der Waals surface area contributed by atoms with Crippen molar-refractivity contribution in [1.82, 2.24) is 10.6 Å². The van der Waals surface area contributed by atoms with Gasteiger partial charge in [0.05, 0.1) is 0 Å². The van der Waals surface area contributed by atoms with Gasteiger partial charge in [-0.25, -0.2) is 0 Å². The molecule has 126 valence electrons. The predicted octanol–water partition coefficient (Wildman–Crippen LogP) is 0.773. The highest BCUT2D eigenvalue weighted by atomic mass is 16.5. The van der Waals surface area contributed by atoms with Crippen molar-refractivity contribution in [2.45, 2.75) is 13.8 Å². The maximum absolute atomic E-state index is 11.9. The van der Waals surface area contributed by atoms with E-state index in [2.05, 4.69) is 20.7 Å². The molecule has 23 heavy (non-hydrogen) atoms. The van der Waals surface area contributed by atoms with Crippen LogP contribution in [0, 0.1) is 5.92 Å². The van der Waals surface area contributed by atoms with Crippen molar-refractivity contribution in [3.05, 3.63) is 29.8 Å². The Labute approximate surface area is 135 Å². The van der Waals surface area contributed by atoms with Crippen molar-refractivity contribution < 1.29 is 19.1 Å². The van der Waals surface area contributed by atoms with Crippen LogP contribution in [0.15, 0.2) is 24.3 Å². The third-order valence-corrected chi connectivity index (χ3v) is 2.95. The third kappa shape index (κ3) is 6.92. The van der Waals surface area contributed by atoms with E-state index < -0.39 is 0 Å². The normalized spacial score (nSPS) is 10.3. The van der Waals surface area contributed by atoms with E-state index in [1.807, 2.05) is 13.8 Å². The van der Waals surface area contributed by atoms with Gasteiger partial charge in [0.2, 0.25) is 11.8 Å². The number of anilines is 1. The number of ether oxygens (including phenoxy) is 1. The predicted molar refractivity (Wildman–Crippen MR) is 87.1 cm³/mol. The standard InChI is InChI=1S/C16H23N3O4/c1-11(2)15(21)19-13-6-4-12(5-7-13)16(22)18-9-8-17-14(20)10-23-3/h4-7,11H,8-10H2,1-3H3,(H,17,20)(H,18,22)(H,19,21). The summed E-state index contributed by atoms with van der Waals surface area (Å²) in [5, 5.41) is 8.05. The van der Waals surface area contributed by atoms with E-state index in [0.717, 1.165) is 0 Å². The summed E-state index contributed by atoms with van der Waals surface area (Å²) in [4.78, 5) is 34.6. The summed E-state index contributed by atoms with van der Waals surface area (Å²) in [6.07, 6.45) is 0. The Morgan fingerprint density at radius 3 is 2.22 bits per heavy atom.